The fraction of sp³-hybridized carbons (Fsp3) is 0.0833. The molecule has 3 N–H and O–H groups in total. The summed E-state index contributed by atoms with van der Waals surface area (Å²) < 4.78 is 0. The van der Waals surface area contributed by atoms with Gasteiger partial charge in [0.15, 0.2) is 0 Å². The van der Waals surface area contributed by atoms with Crippen LogP contribution in [0.4, 0.5) is 17.1 Å². The number of nitrogen functional groups attached to an aromatic ring is 1. The lowest BCUT2D eigenvalue weighted by Crippen LogP contribution is -1.92. The van der Waals surface area contributed by atoms with Gasteiger partial charge in [-0.1, -0.05) is 0 Å². The van der Waals surface area contributed by atoms with Crippen LogP contribution in [0.3, 0.4) is 0 Å². The second-order valence-corrected chi connectivity index (χ2v) is 3.44. The normalized spacial score (nSPS) is 9.93. The quantitative estimate of drug-likeness (QED) is 0.731. The van der Waals surface area contributed by atoms with E-state index in [2.05, 4.69) is 10.3 Å². The van der Waals surface area contributed by atoms with Gasteiger partial charge < -0.3 is 11.1 Å². The van der Waals surface area contributed by atoms with Crippen molar-refractivity contribution in [2.24, 2.45) is 0 Å². The average molecular weight is 199 g/mol. The molecule has 0 aliphatic heterocycles. The van der Waals surface area contributed by atoms with E-state index in [0.717, 1.165) is 22.8 Å². The van der Waals surface area contributed by atoms with Gasteiger partial charge in [0, 0.05) is 17.1 Å². The van der Waals surface area contributed by atoms with Gasteiger partial charge in [-0.05, 0) is 43.3 Å². The van der Waals surface area contributed by atoms with Gasteiger partial charge in [-0.25, -0.2) is 0 Å². The van der Waals surface area contributed by atoms with Crippen LogP contribution in [0, 0.1) is 6.92 Å². The van der Waals surface area contributed by atoms with Gasteiger partial charge in [-0.2, -0.15) is 0 Å². The minimum Gasteiger partial charge on any atom is -0.399 e. The van der Waals surface area contributed by atoms with E-state index in [4.69, 9.17) is 5.73 Å². The van der Waals surface area contributed by atoms with Crippen LogP contribution >= 0.6 is 0 Å². The maximum atomic E-state index is 5.60. The molecular weight excluding hydrogens is 186 g/mol. The molecule has 0 aliphatic rings. The largest absolute Gasteiger partial charge is 0.399 e. The van der Waals surface area contributed by atoms with Crippen LogP contribution < -0.4 is 11.1 Å². The van der Waals surface area contributed by atoms with Crippen LogP contribution in [0.1, 0.15) is 5.69 Å². The van der Waals surface area contributed by atoms with Gasteiger partial charge in [-0.3, -0.25) is 4.98 Å². The van der Waals surface area contributed by atoms with Crippen LogP contribution in [0.2, 0.25) is 0 Å². The highest BCUT2D eigenvalue weighted by molar-refractivity contribution is 5.60. The Morgan fingerprint density at radius 3 is 2.27 bits per heavy atom. The third kappa shape index (κ3) is 2.47. The Morgan fingerprint density at radius 2 is 1.67 bits per heavy atom. The molecule has 1 aromatic carbocycles. The number of pyridine rings is 1. The molecule has 0 atom stereocenters. The van der Waals surface area contributed by atoms with Crippen molar-refractivity contribution in [3.05, 3.63) is 48.3 Å². The maximum absolute atomic E-state index is 5.60. The number of nitrogens with one attached hydrogen (secondary N) is 1. The maximum Gasteiger partial charge on any atom is 0.0570 e. The molecule has 76 valence electrons. The fourth-order valence-electron chi connectivity index (χ4n) is 1.27. The van der Waals surface area contributed by atoms with Crippen molar-refractivity contribution >= 4 is 17.1 Å². The van der Waals surface area contributed by atoms with Gasteiger partial charge in [0.05, 0.1) is 11.9 Å². The molecule has 0 unspecified atom stereocenters. The first-order chi connectivity index (χ1) is 7.24. The molecule has 2 aromatic rings. The summed E-state index contributed by atoms with van der Waals surface area (Å²) in [6.45, 7) is 1.97. The number of aryl methyl sites for hydroxylation is 1. The Balaban J connectivity index is 2.15. The summed E-state index contributed by atoms with van der Waals surface area (Å²) >= 11 is 0. The van der Waals surface area contributed by atoms with Crippen LogP contribution in [0.5, 0.6) is 0 Å². The minimum absolute atomic E-state index is 0.766. The second kappa shape index (κ2) is 4.00. The molecule has 1 aromatic heterocycles. The highest BCUT2D eigenvalue weighted by atomic mass is 14.9. The second-order valence-electron chi connectivity index (χ2n) is 3.44. The Hall–Kier alpha value is -2.03. The standard InChI is InChI=1S/C12H13N3/c1-9-2-5-12(8-14-9)15-11-6-3-10(13)4-7-11/h2-8,15H,13H2,1H3. The zero-order valence-corrected chi connectivity index (χ0v) is 8.57. The number of rotatable bonds is 2. The molecule has 3 heteroatoms. The van der Waals surface area contributed by atoms with Crippen molar-refractivity contribution in [2.75, 3.05) is 11.1 Å². The molecule has 0 aliphatic carbocycles. The summed E-state index contributed by atoms with van der Waals surface area (Å²) in [5, 5.41) is 3.24. The first-order valence-corrected chi connectivity index (χ1v) is 4.79. The lowest BCUT2D eigenvalue weighted by molar-refractivity contribution is 1.20. The third-order valence-electron chi connectivity index (χ3n) is 2.11. The molecule has 1 heterocycles. The summed E-state index contributed by atoms with van der Waals surface area (Å²) in [7, 11) is 0. The molecule has 2 rings (SSSR count). The first-order valence-electron chi connectivity index (χ1n) is 4.79. The highest BCUT2D eigenvalue weighted by Gasteiger charge is 1.94. The smallest absolute Gasteiger partial charge is 0.0570 e. The number of benzene rings is 1. The molecule has 0 amide bonds. The van der Waals surface area contributed by atoms with Gasteiger partial charge in [-0.15, -0.1) is 0 Å². The molecular formula is C12H13N3. The van der Waals surface area contributed by atoms with Crippen molar-refractivity contribution in [2.45, 2.75) is 6.92 Å². The van der Waals surface area contributed by atoms with Gasteiger partial charge in [0.25, 0.3) is 0 Å². The van der Waals surface area contributed by atoms with Gasteiger partial charge in [0.1, 0.15) is 0 Å². The number of anilines is 3. The first kappa shape index (κ1) is 9.52. The summed E-state index contributed by atoms with van der Waals surface area (Å²) in [4.78, 5) is 4.21. The predicted octanol–water partition coefficient (Wildman–Crippen LogP) is 2.72. The average Bonchev–Trinajstić information content (AvgIpc) is 2.25. The monoisotopic (exact) mass is 199 g/mol. The van der Waals surface area contributed by atoms with Crippen LogP contribution in [-0.2, 0) is 0 Å². The number of hydrogen-bond acceptors (Lipinski definition) is 3. The van der Waals surface area contributed by atoms with E-state index in [1.165, 1.54) is 0 Å². The van der Waals surface area contributed by atoms with E-state index in [0.29, 0.717) is 0 Å². The topological polar surface area (TPSA) is 50.9 Å². The van der Waals surface area contributed by atoms with Crippen molar-refractivity contribution in [3.8, 4) is 0 Å². The van der Waals surface area contributed by atoms with E-state index < -0.39 is 0 Å². The lowest BCUT2D eigenvalue weighted by atomic mass is 10.2. The summed E-state index contributed by atoms with van der Waals surface area (Å²) in [6.07, 6.45) is 1.81. The Labute approximate surface area is 89.0 Å². The third-order valence-corrected chi connectivity index (χ3v) is 2.11. The van der Waals surface area contributed by atoms with E-state index in [-0.39, 0.29) is 0 Å². The van der Waals surface area contributed by atoms with E-state index in [1.807, 2.05) is 49.5 Å². The fourth-order valence-corrected chi connectivity index (χ4v) is 1.27. The number of nitrogens with two attached hydrogens (primary N) is 1. The van der Waals surface area contributed by atoms with Crippen LogP contribution in [0.25, 0.3) is 0 Å². The molecule has 0 fully saturated rings. The number of hydrogen-bond donors (Lipinski definition) is 2. The predicted molar refractivity (Wildman–Crippen MR) is 63.1 cm³/mol. The summed E-state index contributed by atoms with van der Waals surface area (Å²) in [5.74, 6) is 0. The number of nitrogens with zero attached hydrogens (tertiary/aromatic N) is 1. The molecule has 0 saturated carbocycles. The van der Waals surface area contributed by atoms with Crippen molar-refractivity contribution in [1.82, 2.24) is 4.98 Å². The zero-order valence-electron chi connectivity index (χ0n) is 8.57. The lowest BCUT2D eigenvalue weighted by Gasteiger charge is -2.06. The summed E-state index contributed by atoms with van der Waals surface area (Å²) in [6, 6.07) is 11.6. The molecule has 15 heavy (non-hydrogen) atoms. The molecule has 3 nitrogen and oxygen atoms in total. The van der Waals surface area contributed by atoms with Crippen molar-refractivity contribution < 1.29 is 0 Å². The van der Waals surface area contributed by atoms with Gasteiger partial charge >= 0.3 is 0 Å². The number of aromatic nitrogens is 1. The van der Waals surface area contributed by atoms with Crippen LogP contribution in [-0.4, -0.2) is 4.98 Å². The van der Waals surface area contributed by atoms with Crippen molar-refractivity contribution in [1.29, 1.82) is 0 Å². The van der Waals surface area contributed by atoms with E-state index in [9.17, 15) is 0 Å². The van der Waals surface area contributed by atoms with Crippen molar-refractivity contribution in [3.63, 3.8) is 0 Å². The molecule has 0 spiro atoms. The van der Waals surface area contributed by atoms with Crippen LogP contribution in [0.15, 0.2) is 42.6 Å². The van der Waals surface area contributed by atoms with Gasteiger partial charge in [0.2, 0.25) is 0 Å². The highest BCUT2D eigenvalue weighted by Crippen LogP contribution is 2.16. The zero-order chi connectivity index (χ0) is 10.7. The van der Waals surface area contributed by atoms with E-state index in [1.54, 1.807) is 0 Å². The molecule has 0 saturated heterocycles. The Kier molecular flexibility index (Phi) is 2.54. The molecule has 0 bridgehead atoms. The Morgan fingerprint density at radius 1 is 1.00 bits per heavy atom. The Bertz CT molecular complexity index is 388. The SMILES string of the molecule is Cc1ccc(Nc2ccc(N)cc2)cn1. The molecule has 0 radical (unpaired) electrons. The minimum atomic E-state index is 0.766. The van der Waals surface area contributed by atoms with E-state index >= 15 is 0 Å². The summed E-state index contributed by atoms with van der Waals surface area (Å²) in [5.41, 5.74) is 9.36.